The van der Waals surface area contributed by atoms with Gasteiger partial charge in [-0.15, -0.1) is 0 Å². The largest absolute Gasteiger partial charge is 0.398 e. The summed E-state index contributed by atoms with van der Waals surface area (Å²) < 4.78 is 0. The molecule has 0 spiro atoms. The van der Waals surface area contributed by atoms with Gasteiger partial charge in [-0.1, -0.05) is 35.9 Å². The maximum Gasteiger partial charge on any atom is 0.256 e. The lowest BCUT2D eigenvalue weighted by molar-refractivity contribution is -0.125. The molecule has 0 aromatic heterocycles. The highest BCUT2D eigenvalue weighted by atomic mass is 35.5. The highest BCUT2D eigenvalue weighted by Crippen LogP contribution is 2.23. The number of carbonyl (C=O) groups excluding carboxylic acids is 2. The van der Waals surface area contributed by atoms with E-state index in [9.17, 15) is 14.7 Å². The first-order valence-corrected chi connectivity index (χ1v) is 8.69. The fourth-order valence-electron chi connectivity index (χ4n) is 3.04. The van der Waals surface area contributed by atoms with E-state index in [0.29, 0.717) is 22.8 Å². The van der Waals surface area contributed by atoms with Crippen molar-refractivity contribution in [2.75, 3.05) is 12.3 Å². The molecule has 0 bridgehead atoms. The summed E-state index contributed by atoms with van der Waals surface area (Å²) in [7, 11) is 0. The number of rotatable bonds is 4. The van der Waals surface area contributed by atoms with Crippen LogP contribution in [0, 0.1) is 0 Å². The van der Waals surface area contributed by atoms with Crippen LogP contribution in [0.15, 0.2) is 48.5 Å². The molecule has 7 heteroatoms. The summed E-state index contributed by atoms with van der Waals surface area (Å²) in [5.41, 5.74) is 7.44. The van der Waals surface area contributed by atoms with E-state index in [4.69, 9.17) is 17.3 Å². The Morgan fingerprint density at radius 3 is 2.58 bits per heavy atom. The minimum Gasteiger partial charge on any atom is -0.398 e. The average molecular weight is 374 g/mol. The van der Waals surface area contributed by atoms with Gasteiger partial charge in [-0.25, -0.2) is 0 Å². The molecule has 1 saturated heterocycles. The highest BCUT2D eigenvalue weighted by molar-refractivity contribution is 6.30. The number of β-amino-alcohol motifs (C(OH)–C–C–N with tert-alkyl or cyclic N) is 1. The van der Waals surface area contributed by atoms with Crippen LogP contribution in [0.3, 0.4) is 0 Å². The summed E-state index contributed by atoms with van der Waals surface area (Å²) in [6, 6.07) is 13.1. The summed E-state index contributed by atoms with van der Waals surface area (Å²) in [5.74, 6) is -0.661. The first-order valence-electron chi connectivity index (χ1n) is 8.31. The average Bonchev–Trinajstić information content (AvgIpc) is 3.03. The van der Waals surface area contributed by atoms with Crippen LogP contribution in [0.25, 0.3) is 0 Å². The van der Waals surface area contributed by atoms with Crippen molar-refractivity contribution in [1.82, 2.24) is 10.2 Å². The number of nitrogen functional groups attached to an aromatic ring is 1. The van der Waals surface area contributed by atoms with Gasteiger partial charge in [0.25, 0.3) is 5.91 Å². The first-order chi connectivity index (χ1) is 12.5. The van der Waals surface area contributed by atoms with Gasteiger partial charge in [-0.3, -0.25) is 9.59 Å². The van der Waals surface area contributed by atoms with Gasteiger partial charge in [0, 0.05) is 30.2 Å². The Labute approximate surface area is 156 Å². The molecule has 1 fully saturated rings. The van der Waals surface area contributed by atoms with Crippen molar-refractivity contribution in [2.24, 2.45) is 0 Å². The van der Waals surface area contributed by atoms with E-state index in [1.165, 1.54) is 4.90 Å². The smallest absolute Gasteiger partial charge is 0.256 e. The SMILES string of the molecule is Nc1ccccc1C(=O)N1C[C@H](O)C[C@H]1C(=O)NCc1ccc(Cl)cc1. The molecule has 4 N–H and O–H groups in total. The van der Waals surface area contributed by atoms with Crippen LogP contribution in [0.4, 0.5) is 5.69 Å². The number of aliphatic hydroxyl groups excluding tert-OH is 1. The molecule has 1 heterocycles. The summed E-state index contributed by atoms with van der Waals surface area (Å²) in [6.07, 6.45) is -0.541. The van der Waals surface area contributed by atoms with Gasteiger partial charge < -0.3 is 21.1 Å². The fraction of sp³-hybridized carbons (Fsp3) is 0.263. The van der Waals surface area contributed by atoms with E-state index in [0.717, 1.165) is 5.56 Å². The number of benzene rings is 2. The predicted octanol–water partition coefficient (Wildman–Crippen LogP) is 1.81. The molecule has 2 aromatic rings. The summed E-state index contributed by atoms with van der Waals surface area (Å²) in [4.78, 5) is 26.8. The lowest BCUT2D eigenvalue weighted by Crippen LogP contribution is -2.45. The number of nitrogens with zero attached hydrogens (tertiary/aromatic N) is 1. The number of nitrogens with one attached hydrogen (secondary N) is 1. The van der Waals surface area contributed by atoms with Crippen LogP contribution < -0.4 is 11.1 Å². The molecule has 0 aliphatic carbocycles. The molecular formula is C19H20ClN3O3. The fourth-order valence-corrected chi connectivity index (χ4v) is 3.17. The van der Waals surface area contributed by atoms with Crippen LogP contribution in [-0.2, 0) is 11.3 Å². The van der Waals surface area contributed by atoms with Gasteiger partial charge in [0.05, 0.1) is 11.7 Å². The Morgan fingerprint density at radius 2 is 1.88 bits per heavy atom. The predicted molar refractivity (Wildman–Crippen MR) is 99.6 cm³/mol. The number of halogens is 1. The van der Waals surface area contributed by atoms with Gasteiger partial charge in [0.15, 0.2) is 0 Å². The first kappa shape index (κ1) is 18.2. The van der Waals surface area contributed by atoms with Crippen molar-refractivity contribution < 1.29 is 14.7 Å². The van der Waals surface area contributed by atoms with Gasteiger partial charge in [0.2, 0.25) is 5.91 Å². The molecule has 6 nitrogen and oxygen atoms in total. The topological polar surface area (TPSA) is 95.7 Å². The number of amides is 2. The molecule has 0 radical (unpaired) electrons. The second-order valence-electron chi connectivity index (χ2n) is 6.29. The van der Waals surface area contributed by atoms with Crippen molar-refractivity contribution in [1.29, 1.82) is 0 Å². The van der Waals surface area contributed by atoms with Crippen molar-refractivity contribution >= 4 is 29.1 Å². The van der Waals surface area contributed by atoms with Crippen molar-refractivity contribution in [3.63, 3.8) is 0 Å². The maximum atomic E-state index is 12.8. The Kier molecular flexibility index (Phi) is 5.44. The van der Waals surface area contributed by atoms with Gasteiger partial charge in [-0.05, 0) is 29.8 Å². The van der Waals surface area contributed by atoms with E-state index in [1.807, 2.05) is 12.1 Å². The molecule has 2 aromatic carbocycles. The third-order valence-electron chi connectivity index (χ3n) is 4.41. The van der Waals surface area contributed by atoms with Gasteiger partial charge >= 0.3 is 0 Å². The van der Waals surface area contributed by atoms with E-state index >= 15 is 0 Å². The zero-order valence-corrected chi connectivity index (χ0v) is 14.8. The van der Waals surface area contributed by atoms with Crippen molar-refractivity contribution in [2.45, 2.75) is 25.1 Å². The standard InChI is InChI=1S/C19H20ClN3O3/c20-13-7-5-12(6-8-13)10-22-18(25)17-9-14(24)11-23(17)19(26)15-3-1-2-4-16(15)21/h1-8,14,17,24H,9-11,21H2,(H,22,25)/t14-,17+/m1/s1. The van der Waals surface area contributed by atoms with Crippen LogP contribution in [0.2, 0.25) is 5.02 Å². The summed E-state index contributed by atoms with van der Waals surface area (Å²) >= 11 is 5.85. The quantitative estimate of drug-likeness (QED) is 0.712. The van der Waals surface area contributed by atoms with Crippen molar-refractivity contribution in [3.05, 3.63) is 64.7 Å². The number of anilines is 1. The molecule has 2 amide bonds. The number of carbonyl (C=O) groups is 2. The van der Waals surface area contributed by atoms with E-state index in [-0.39, 0.29) is 24.8 Å². The molecule has 1 aliphatic rings. The van der Waals surface area contributed by atoms with E-state index in [1.54, 1.807) is 36.4 Å². The lowest BCUT2D eigenvalue weighted by Gasteiger charge is -2.24. The van der Waals surface area contributed by atoms with Crippen LogP contribution in [0.5, 0.6) is 0 Å². The third-order valence-corrected chi connectivity index (χ3v) is 4.67. The monoisotopic (exact) mass is 373 g/mol. The Bertz CT molecular complexity index is 810. The highest BCUT2D eigenvalue weighted by Gasteiger charge is 2.39. The van der Waals surface area contributed by atoms with E-state index in [2.05, 4.69) is 5.32 Å². The van der Waals surface area contributed by atoms with Gasteiger partial charge in [0.1, 0.15) is 6.04 Å². The van der Waals surface area contributed by atoms with E-state index < -0.39 is 12.1 Å². The third kappa shape index (κ3) is 3.98. The Hall–Kier alpha value is -2.57. The Balaban J connectivity index is 1.70. The zero-order chi connectivity index (χ0) is 18.7. The number of likely N-dealkylation sites (tertiary alicyclic amines) is 1. The van der Waals surface area contributed by atoms with Crippen LogP contribution in [0.1, 0.15) is 22.3 Å². The lowest BCUT2D eigenvalue weighted by atomic mass is 10.1. The number of aliphatic hydroxyl groups is 1. The molecular weight excluding hydrogens is 354 g/mol. The van der Waals surface area contributed by atoms with Gasteiger partial charge in [-0.2, -0.15) is 0 Å². The Morgan fingerprint density at radius 1 is 1.19 bits per heavy atom. The molecule has 0 saturated carbocycles. The molecule has 3 rings (SSSR count). The summed E-state index contributed by atoms with van der Waals surface area (Å²) in [5, 5.41) is 13.4. The number of hydrogen-bond donors (Lipinski definition) is 3. The summed E-state index contributed by atoms with van der Waals surface area (Å²) in [6.45, 7) is 0.421. The normalized spacial score (nSPS) is 19.4. The number of para-hydroxylation sites is 1. The van der Waals surface area contributed by atoms with Crippen LogP contribution >= 0.6 is 11.6 Å². The minimum absolute atomic E-state index is 0.103. The number of nitrogens with two attached hydrogens (primary N) is 1. The molecule has 0 unspecified atom stereocenters. The molecule has 136 valence electrons. The molecule has 2 atom stereocenters. The minimum atomic E-state index is -0.741. The second-order valence-corrected chi connectivity index (χ2v) is 6.73. The number of hydrogen-bond acceptors (Lipinski definition) is 4. The molecule has 26 heavy (non-hydrogen) atoms. The zero-order valence-electron chi connectivity index (χ0n) is 14.1. The van der Waals surface area contributed by atoms with Crippen LogP contribution in [-0.4, -0.2) is 40.5 Å². The second kappa shape index (κ2) is 7.76. The van der Waals surface area contributed by atoms with Crippen molar-refractivity contribution in [3.8, 4) is 0 Å². The maximum absolute atomic E-state index is 12.8. The molecule has 1 aliphatic heterocycles.